The molecule has 0 aliphatic carbocycles. The maximum atomic E-state index is 14.0. The van der Waals surface area contributed by atoms with Crippen molar-refractivity contribution in [2.24, 2.45) is 0 Å². The van der Waals surface area contributed by atoms with Crippen molar-refractivity contribution in [2.45, 2.75) is 56.6 Å². The van der Waals surface area contributed by atoms with Crippen molar-refractivity contribution in [1.82, 2.24) is 9.29 Å². The number of fused-ring (bicyclic) bond motifs is 1. The SMILES string of the molecule is Cc1cc(C)c2nc(N(CC3CCCO3)C(=O)C3CCCN3S(=O)(=O)c3ccc(F)cc3)sc2c1. The second-order valence-corrected chi connectivity index (χ2v) is 12.1. The zero-order valence-corrected chi connectivity index (χ0v) is 21.4. The summed E-state index contributed by atoms with van der Waals surface area (Å²) in [5.41, 5.74) is 3.01. The quantitative estimate of drug-likeness (QED) is 0.484. The normalized spacial score (nSPS) is 21.1. The molecule has 2 atom stereocenters. The first-order chi connectivity index (χ1) is 16.7. The average Bonchev–Trinajstić information content (AvgIpc) is 3.57. The molecular formula is C25H28FN3O4S2. The van der Waals surface area contributed by atoms with E-state index in [-0.39, 0.29) is 23.5 Å². The third-order valence-electron chi connectivity index (χ3n) is 6.63. The summed E-state index contributed by atoms with van der Waals surface area (Å²) in [6.45, 7) is 5.25. The standard InChI is InChI=1S/C25H28FN3O4S2/c1-16-13-17(2)23-22(14-16)34-25(27-23)28(15-19-5-4-12-33-19)24(30)21-6-3-11-29(21)35(31,32)20-9-7-18(26)8-10-20/h7-10,13-14,19,21H,3-6,11-12,15H2,1-2H3. The van der Waals surface area contributed by atoms with E-state index in [2.05, 4.69) is 12.1 Å². The maximum Gasteiger partial charge on any atom is 0.247 e. The first-order valence-corrected chi connectivity index (χ1v) is 14.1. The van der Waals surface area contributed by atoms with E-state index in [9.17, 15) is 17.6 Å². The molecule has 0 spiro atoms. The second-order valence-electron chi connectivity index (χ2n) is 9.24. The van der Waals surface area contributed by atoms with Gasteiger partial charge in [0.1, 0.15) is 11.9 Å². The van der Waals surface area contributed by atoms with Crippen LogP contribution < -0.4 is 4.90 Å². The maximum absolute atomic E-state index is 14.0. The zero-order valence-electron chi connectivity index (χ0n) is 19.7. The van der Waals surface area contributed by atoms with Crippen LogP contribution in [0, 0.1) is 19.7 Å². The molecule has 2 fully saturated rings. The van der Waals surface area contributed by atoms with Crippen LogP contribution in [0.5, 0.6) is 0 Å². The largest absolute Gasteiger partial charge is 0.376 e. The van der Waals surface area contributed by atoms with E-state index in [1.807, 2.05) is 13.8 Å². The Morgan fingerprint density at radius 1 is 1.20 bits per heavy atom. The lowest BCUT2D eigenvalue weighted by Gasteiger charge is -2.29. The van der Waals surface area contributed by atoms with E-state index in [4.69, 9.17) is 9.72 Å². The van der Waals surface area contributed by atoms with Crippen LogP contribution in [0.3, 0.4) is 0 Å². The minimum absolute atomic E-state index is 0.0182. The van der Waals surface area contributed by atoms with Crippen LogP contribution >= 0.6 is 11.3 Å². The first-order valence-electron chi connectivity index (χ1n) is 11.8. The fraction of sp³-hybridized carbons (Fsp3) is 0.440. The number of aryl methyl sites for hydroxylation is 2. The van der Waals surface area contributed by atoms with Gasteiger partial charge in [0.05, 0.1) is 27.8 Å². The molecule has 35 heavy (non-hydrogen) atoms. The Labute approximate surface area is 208 Å². The monoisotopic (exact) mass is 517 g/mol. The predicted octanol–water partition coefficient (Wildman–Crippen LogP) is 4.42. The van der Waals surface area contributed by atoms with Gasteiger partial charge in [-0.3, -0.25) is 9.69 Å². The average molecular weight is 518 g/mol. The number of thiazole rings is 1. The van der Waals surface area contributed by atoms with Crippen LogP contribution in [0.2, 0.25) is 0 Å². The molecule has 3 heterocycles. The van der Waals surface area contributed by atoms with Gasteiger partial charge in [-0.25, -0.2) is 17.8 Å². The number of carbonyl (C=O) groups is 1. The molecule has 186 valence electrons. The van der Waals surface area contributed by atoms with Crippen molar-refractivity contribution in [3.63, 3.8) is 0 Å². The minimum atomic E-state index is -3.96. The van der Waals surface area contributed by atoms with Crippen molar-refractivity contribution in [2.75, 3.05) is 24.6 Å². The number of ether oxygens (including phenoxy) is 1. The second kappa shape index (κ2) is 9.57. The molecule has 2 aromatic carbocycles. The van der Waals surface area contributed by atoms with Gasteiger partial charge in [0, 0.05) is 13.2 Å². The molecule has 1 aromatic heterocycles. The molecule has 5 rings (SSSR count). The summed E-state index contributed by atoms with van der Waals surface area (Å²) in [5, 5.41) is 0.556. The van der Waals surface area contributed by atoms with Crippen molar-refractivity contribution in [1.29, 1.82) is 0 Å². The van der Waals surface area contributed by atoms with Crippen molar-refractivity contribution in [3.05, 3.63) is 53.3 Å². The summed E-state index contributed by atoms with van der Waals surface area (Å²) in [6, 6.07) is 8.00. The van der Waals surface area contributed by atoms with E-state index in [1.165, 1.54) is 27.8 Å². The number of hydrogen-bond donors (Lipinski definition) is 0. The van der Waals surface area contributed by atoms with Crippen molar-refractivity contribution < 1.29 is 22.3 Å². The van der Waals surface area contributed by atoms with Crippen molar-refractivity contribution >= 4 is 42.6 Å². The molecule has 7 nitrogen and oxygen atoms in total. The number of amides is 1. The molecule has 0 N–H and O–H groups in total. The van der Waals surface area contributed by atoms with Gasteiger partial charge < -0.3 is 4.74 Å². The van der Waals surface area contributed by atoms with E-state index in [0.717, 1.165) is 46.3 Å². The Hall–Kier alpha value is -2.40. The molecule has 10 heteroatoms. The fourth-order valence-corrected chi connectivity index (χ4v) is 7.73. The highest BCUT2D eigenvalue weighted by molar-refractivity contribution is 7.89. The van der Waals surface area contributed by atoms with Crippen LogP contribution in [0.1, 0.15) is 36.8 Å². The van der Waals surface area contributed by atoms with Crippen LogP contribution in [0.4, 0.5) is 9.52 Å². The number of nitrogens with zero attached hydrogens (tertiary/aromatic N) is 3. The molecule has 0 saturated carbocycles. The molecule has 0 bridgehead atoms. The summed E-state index contributed by atoms with van der Waals surface area (Å²) in [6.07, 6.45) is 2.65. The Morgan fingerprint density at radius 2 is 1.97 bits per heavy atom. The van der Waals surface area contributed by atoms with Crippen LogP contribution in [0.25, 0.3) is 10.2 Å². The van der Waals surface area contributed by atoms with Crippen LogP contribution in [-0.4, -0.2) is 55.5 Å². The number of carbonyl (C=O) groups excluding carboxylic acids is 1. The fourth-order valence-electron chi connectivity index (χ4n) is 4.93. The highest BCUT2D eigenvalue weighted by Crippen LogP contribution is 2.35. The molecule has 2 aliphatic rings. The number of benzene rings is 2. The number of sulfonamides is 1. The van der Waals surface area contributed by atoms with Gasteiger partial charge in [-0.05, 0) is 81.0 Å². The molecule has 2 saturated heterocycles. The van der Waals surface area contributed by atoms with Crippen molar-refractivity contribution in [3.8, 4) is 0 Å². The van der Waals surface area contributed by atoms with Gasteiger partial charge in [-0.1, -0.05) is 17.4 Å². The predicted molar refractivity (Wildman–Crippen MR) is 134 cm³/mol. The molecule has 3 aromatic rings. The summed E-state index contributed by atoms with van der Waals surface area (Å²) >= 11 is 1.44. The Morgan fingerprint density at radius 3 is 2.69 bits per heavy atom. The smallest absolute Gasteiger partial charge is 0.247 e. The van der Waals surface area contributed by atoms with Gasteiger partial charge in [-0.15, -0.1) is 0 Å². The topological polar surface area (TPSA) is 79.8 Å². The summed E-state index contributed by atoms with van der Waals surface area (Å²) in [5.74, 6) is -0.806. The van der Waals surface area contributed by atoms with Gasteiger partial charge >= 0.3 is 0 Å². The zero-order chi connectivity index (χ0) is 24.7. The molecule has 0 radical (unpaired) electrons. The molecule has 2 aliphatic heterocycles. The molecule has 1 amide bonds. The minimum Gasteiger partial charge on any atom is -0.376 e. The lowest BCUT2D eigenvalue weighted by atomic mass is 10.1. The number of rotatable bonds is 6. The van der Waals surface area contributed by atoms with E-state index >= 15 is 0 Å². The van der Waals surface area contributed by atoms with Crippen LogP contribution in [0.15, 0.2) is 41.3 Å². The summed E-state index contributed by atoms with van der Waals surface area (Å²) in [4.78, 5) is 20.4. The number of hydrogen-bond acceptors (Lipinski definition) is 6. The third-order valence-corrected chi connectivity index (χ3v) is 9.58. The third kappa shape index (κ3) is 4.72. The highest BCUT2D eigenvalue weighted by atomic mass is 32.2. The molecular weight excluding hydrogens is 489 g/mol. The number of aromatic nitrogens is 1. The van der Waals surface area contributed by atoms with Gasteiger partial charge in [0.2, 0.25) is 15.9 Å². The Bertz CT molecular complexity index is 1350. The first kappa shape index (κ1) is 24.3. The Kier molecular flexibility index (Phi) is 6.65. The number of anilines is 1. The Balaban J connectivity index is 1.50. The molecule has 2 unspecified atom stereocenters. The highest BCUT2D eigenvalue weighted by Gasteiger charge is 2.42. The lowest BCUT2D eigenvalue weighted by molar-refractivity contribution is -0.122. The van der Waals surface area contributed by atoms with E-state index in [0.29, 0.717) is 31.1 Å². The summed E-state index contributed by atoms with van der Waals surface area (Å²) < 4.78 is 48.2. The van der Waals surface area contributed by atoms with Gasteiger partial charge in [-0.2, -0.15) is 4.31 Å². The van der Waals surface area contributed by atoms with E-state index in [1.54, 1.807) is 4.90 Å². The van der Waals surface area contributed by atoms with Gasteiger partial charge in [0.15, 0.2) is 5.13 Å². The van der Waals surface area contributed by atoms with Gasteiger partial charge in [0.25, 0.3) is 0 Å². The number of halogens is 1. The van der Waals surface area contributed by atoms with E-state index < -0.39 is 21.9 Å². The summed E-state index contributed by atoms with van der Waals surface area (Å²) in [7, 11) is -3.96. The van der Waals surface area contributed by atoms with Crippen LogP contribution in [-0.2, 0) is 19.6 Å². The lowest BCUT2D eigenvalue weighted by Crippen LogP contribution is -2.49.